The van der Waals surface area contributed by atoms with Gasteiger partial charge in [0, 0.05) is 43.3 Å². The minimum absolute atomic E-state index is 0.551. The first kappa shape index (κ1) is 35.0. The molecular weight excluding hydrogens is 733 g/mol. The summed E-state index contributed by atoms with van der Waals surface area (Å²) in [5.74, 6) is 0. The van der Waals surface area contributed by atoms with Gasteiger partial charge in [-0.1, -0.05) is 164 Å². The summed E-state index contributed by atoms with van der Waals surface area (Å²) in [6.45, 7) is 6.28. The van der Waals surface area contributed by atoms with Crippen molar-refractivity contribution in [2.45, 2.75) is 12.3 Å². The second kappa shape index (κ2) is 14.0. The maximum absolute atomic E-state index is 4.18. The third kappa shape index (κ3) is 5.25. The number of anilines is 3. The third-order valence-corrected chi connectivity index (χ3v) is 13.3. The summed E-state index contributed by atoms with van der Waals surface area (Å²) in [6.07, 6.45) is 8.51. The molecule has 2 nitrogen and oxygen atoms in total. The Bertz CT molecular complexity index is 3260. The van der Waals surface area contributed by atoms with Gasteiger partial charge in [-0.3, -0.25) is 0 Å². The molecule has 1 aliphatic carbocycles. The van der Waals surface area contributed by atoms with Crippen molar-refractivity contribution in [2.75, 3.05) is 4.90 Å². The van der Waals surface area contributed by atoms with Crippen molar-refractivity contribution < 1.29 is 0 Å². The zero-order chi connectivity index (χ0) is 39.5. The van der Waals surface area contributed by atoms with E-state index in [0.717, 1.165) is 17.1 Å². The summed E-state index contributed by atoms with van der Waals surface area (Å²) >= 11 is 1.88. The quantitative estimate of drug-likeness (QED) is 0.140. The van der Waals surface area contributed by atoms with Gasteiger partial charge in [0.1, 0.15) is 0 Å². The molecule has 2 aromatic heterocycles. The fraction of sp³-hybridized carbons (Fsp3) is 0.0357. The summed E-state index contributed by atoms with van der Waals surface area (Å²) in [4.78, 5) is 2.42. The molecule has 0 amide bonds. The number of aromatic nitrogens is 1. The maximum atomic E-state index is 4.18. The monoisotopic (exact) mass is 772 g/mol. The summed E-state index contributed by atoms with van der Waals surface area (Å²) in [5, 5.41) is 5.08. The van der Waals surface area contributed by atoms with E-state index in [1.807, 2.05) is 17.4 Å². The minimum Gasteiger partial charge on any atom is -0.310 e. The molecule has 0 radical (unpaired) electrons. The Labute approximate surface area is 348 Å². The predicted molar refractivity (Wildman–Crippen MR) is 253 cm³/mol. The van der Waals surface area contributed by atoms with E-state index in [-0.39, 0.29) is 0 Å². The van der Waals surface area contributed by atoms with Crippen LogP contribution in [0.4, 0.5) is 17.1 Å². The molecule has 0 fully saturated rings. The topological polar surface area (TPSA) is 8.17 Å². The lowest BCUT2D eigenvalue weighted by molar-refractivity contribution is 0.767. The standard InChI is InChI=1S/C56H40N2S/c1-3-18-38(19-4-2)56(39-20-7-5-8-21-39)49-28-14-11-24-43(49)44-34-32-41(36-50(44)56)57(40-22-9-6-10-23-40)42-33-35-47-48-27-17-31-53(55(48)59-54(47)37-42)58-51-29-15-12-25-45(51)46-26-13-16-30-52(46)58/h3-37H,1H2,2H3/b19-4-,38-18+. The molecule has 1 atom stereocenters. The highest BCUT2D eigenvalue weighted by Gasteiger charge is 2.46. The molecule has 0 spiro atoms. The molecule has 0 aliphatic heterocycles. The Morgan fingerprint density at radius 2 is 1.19 bits per heavy atom. The first-order valence-corrected chi connectivity index (χ1v) is 21.1. The highest BCUT2D eigenvalue weighted by molar-refractivity contribution is 7.26. The Morgan fingerprint density at radius 1 is 0.559 bits per heavy atom. The molecule has 0 saturated carbocycles. The van der Waals surface area contributed by atoms with Gasteiger partial charge >= 0.3 is 0 Å². The minimum atomic E-state index is -0.551. The van der Waals surface area contributed by atoms with Gasteiger partial charge in [0.15, 0.2) is 0 Å². The Morgan fingerprint density at radius 3 is 1.93 bits per heavy atom. The predicted octanol–water partition coefficient (Wildman–Crippen LogP) is 15.6. The molecule has 0 bridgehead atoms. The van der Waals surface area contributed by atoms with Crippen molar-refractivity contribution in [3.8, 4) is 16.8 Å². The van der Waals surface area contributed by atoms with Crippen LogP contribution in [0.2, 0.25) is 0 Å². The lowest BCUT2D eigenvalue weighted by atomic mass is 9.67. The van der Waals surface area contributed by atoms with Crippen LogP contribution in [-0.4, -0.2) is 4.57 Å². The van der Waals surface area contributed by atoms with Crippen molar-refractivity contribution in [3.05, 3.63) is 241 Å². The number of rotatable bonds is 8. The Hall–Kier alpha value is -7.20. The highest BCUT2D eigenvalue weighted by atomic mass is 32.1. The smallest absolute Gasteiger partial charge is 0.0714 e. The fourth-order valence-electron chi connectivity index (χ4n) is 9.79. The molecule has 280 valence electrons. The van der Waals surface area contributed by atoms with Gasteiger partial charge in [0.05, 0.1) is 26.8 Å². The van der Waals surface area contributed by atoms with E-state index in [0.29, 0.717) is 0 Å². The zero-order valence-electron chi connectivity index (χ0n) is 32.7. The van der Waals surface area contributed by atoms with Crippen LogP contribution in [0.25, 0.3) is 58.8 Å². The van der Waals surface area contributed by atoms with E-state index < -0.39 is 5.41 Å². The molecule has 59 heavy (non-hydrogen) atoms. The van der Waals surface area contributed by atoms with Gasteiger partial charge < -0.3 is 9.47 Å². The van der Waals surface area contributed by atoms with Crippen LogP contribution in [0.5, 0.6) is 0 Å². The molecule has 0 N–H and O–H groups in total. The van der Waals surface area contributed by atoms with E-state index in [1.54, 1.807) is 0 Å². The van der Waals surface area contributed by atoms with Crippen molar-refractivity contribution >= 4 is 70.4 Å². The summed E-state index contributed by atoms with van der Waals surface area (Å²) in [5.41, 5.74) is 13.9. The van der Waals surface area contributed by atoms with E-state index in [4.69, 9.17) is 0 Å². The molecular formula is C56H40N2S. The highest BCUT2D eigenvalue weighted by Crippen LogP contribution is 2.58. The molecule has 11 rings (SSSR count). The number of nitrogens with zero attached hydrogens (tertiary/aromatic N) is 2. The van der Waals surface area contributed by atoms with E-state index in [9.17, 15) is 0 Å². The van der Waals surface area contributed by atoms with Crippen LogP contribution in [0.15, 0.2) is 225 Å². The van der Waals surface area contributed by atoms with E-state index in [2.05, 4.69) is 229 Å². The van der Waals surface area contributed by atoms with Crippen LogP contribution in [0.1, 0.15) is 23.6 Å². The first-order chi connectivity index (χ1) is 29.2. The molecule has 1 aliphatic rings. The van der Waals surface area contributed by atoms with Crippen LogP contribution in [-0.2, 0) is 5.41 Å². The Balaban J connectivity index is 1.13. The lowest BCUT2D eigenvalue weighted by Gasteiger charge is -2.35. The number of thiophene rings is 1. The van der Waals surface area contributed by atoms with E-state index >= 15 is 0 Å². The number of benzene rings is 8. The van der Waals surface area contributed by atoms with E-state index in [1.165, 1.54) is 81.1 Å². The van der Waals surface area contributed by atoms with Crippen molar-refractivity contribution in [2.24, 2.45) is 0 Å². The summed E-state index contributed by atoms with van der Waals surface area (Å²) < 4.78 is 4.98. The number of fused-ring (bicyclic) bond motifs is 9. The molecule has 8 aromatic carbocycles. The Kier molecular flexibility index (Phi) is 8.32. The largest absolute Gasteiger partial charge is 0.310 e. The summed E-state index contributed by atoms with van der Waals surface area (Å²) in [7, 11) is 0. The first-order valence-electron chi connectivity index (χ1n) is 20.3. The average Bonchev–Trinajstić information content (AvgIpc) is 3.93. The van der Waals surface area contributed by atoms with Crippen LogP contribution in [0, 0.1) is 0 Å². The number of allylic oxidation sites excluding steroid dienone is 5. The third-order valence-electron chi connectivity index (χ3n) is 12.1. The molecule has 10 aromatic rings. The fourth-order valence-corrected chi connectivity index (χ4v) is 11.0. The zero-order valence-corrected chi connectivity index (χ0v) is 33.5. The summed E-state index contributed by atoms with van der Waals surface area (Å²) in [6, 6.07) is 69.0. The van der Waals surface area contributed by atoms with Gasteiger partial charge in [-0.2, -0.15) is 0 Å². The van der Waals surface area contributed by atoms with Gasteiger partial charge in [-0.15, -0.1) is 11.3 Å². The van der Waals surface area contributed by atoms with Crippen molar-refractivity contribution in [3.63, 3.8) is 0 Å². The molecule has 0 saturated heterocycles. The van der Waals surface area contributed by atoms with Gasteiger partial charge in [0.2, 0.25) is 0 Å². The number of para-hydroxylation sites is 3. The maximum Gasteiger partial charge on any atom is 0.0714 e. The molecule has 1 unspecified atom stereocenters. The van der Waals surface area contributed by atoms with Crippen LogP contribution >= 0.6 is 11.3 Å². The van der Waals surface area contributed by atoms with Crippen molar-refractivity contribution in [1.29, 1.82) is 0 Å². The molecule has 3 heteroatoms. The van der Waals surface area contributed by atoms with Crippen molar-refractivity contribution in [1.82, 2.24) is 4.57 Å². The lowest BCUT2D eigenvalue weighted by Crippen LogP contribution is -2.29. The van der Waals surface area contributed by atoms with Crippen LogP contribution in [0.3, 0.4) is 0 Å². The second-order valence-corrected chi connectivity index (χ2v) is 16.3. The van der Waals surface area contributed by atoms with Gasteiger partial charge in [0.25, 0.3) is 0 Å². The number of hydrogen-bond donors (Lipinski definition) is 0. The second-order valence-electron chi connectivity index (χ2n) is 15.2. The normalized spacial score (nSPS) is 15.0. The SMILES string of the molecule is C=C/C=C(\C=C/C)C1(c2ccccc2)c2ccccc2-c2ccc(N(c3ccccc3)c3ccc4c(c3)sc3c(-n5c6ccccc6c6ccccc65)cccc34)cc21. The molecule has 2 heterocycles. The van der Waals surface area contributed by atoms with Crippen LogP contribution < -0.4 is 4.90 Å². The number of hydrogen-bond acceptors (Lipinski definition) is 2. The van der Waals surface area contributed by atoms with Gasteiger partial charge in [-0.25, -0.2) is 0 Å². The average molecular weight is 773 g/mol. The van der Waals surface area contributed by atoms with Gasteiger partial charge in [-0.05, 0) is 94.9 Å².